The van der Waals surface area contributed by atoms with Gasteiger partial charge in [-0.15, -0.1) is 11.3 Å². The Bertz CT molecular complexity index is 767. The highest BCUT2D eigenvalue weighted by Crippen LogP contribution is 2.28. The van der Waals surface area contributed by atoms with Crippen LogP contribution in [-0.2, 0) is 16.0 Å². The number of aliphatic carboxylic acids is 1. The van der Waals surface area contributed by atoms with E-state index < -0.39 is 5.97 Å². The van der Waals surface area contributed by atoms with E-state index in [1.807, 2.05) is 29.6 Å². The largest absolute Gasteiger partial charge is 0.481 e. The number of hydrogen-bond acceptors (Lipinski definition) is 4. The second-order valence-electron chi connectivity index (χ2n) is 6.69. The summed E-state index contributed by atoms with van der Waals surface area (Å²) in [5, 5.41) is 15.4. The van der Waals surface area contributed by atoms with Gasteiger partial charge in [0.25, 0.3) is 0 Å². The summed E-state index contributed by atoms with van der Waals surface area (Å²) in [7, 11) is 0. The highest BCUT2D eigenvalue weighted by Gasteiger charge is 2.26. The first-order valence-corrected chi connectivity index (χ1v) is 9.97. The molecule has 1 aliphatic rings. The van der Waals surface area contributed by atoms with Crippen LogP contribution in [0, 0.1) is 11.8 Å². The van der Waals surface area contributed by atoms with Crippen molar-refractivity contribution in [1.82, 2.24) is 10.3 Å². The Morgan fingerprint density at radius 1 is 1.19 bits per heavy atom. The maximum atomic E-state index is 12.2. The summed E-state index contributed by atoms with van der Waals surface area (Å²) in [6.07, 6.45) is 3.37. The molecule has 2 N–H and O–H groups in total. The molecule has 5 nitrogen and oxygen atoms in total. The predicted molar refractivity (Wildman–Crippen MR) is 102 cm³/mol. The number of hydrogen-bond donors (Lipinski definition) is 2. The zero-order valence-corrected chi connectivity index (χ0v) is 15.9. The highest BCUT2D eigenvalue weighted by molar-refractivity contribution is 7.13. The quantitative estimate of drug-likeness (QED) is 0.778. The molecule has 1 fully saturated rings. The van der Waals surface area contributed by atoms with E-state index in [0.717, 1.165) is 29.1 Å². The van der Waals surface area contributed by atoms with Crippen LogP contribution in [0.25, 0.3) is 10.6 Å². The summed E-state index contributed by atoms with van der Waals surface area (Å²) in [4.78, 5) is 27.7. The van der Waals surface area contributed by atoms with Crippen LogP contribution in [0.15, 0.2) is 29.6 Å². The first kappa shape index (κ1) is 18.9. The number of carbonyl (C=O) groups is 2. The van der Waals surface area contributed by atoms with Gasteiger partial charge in [-0.25, -0.2) is 4.98 Å². The van der Waals surface area contributed by atoms with Gasteiger partial charge in [0, 0.05) is 22.5 Å². The molecule has 26 heavy (non-hydrogen) atoms. The second-order valence-corrected chi connectivity index (χ2v) is 7.98. The summed E-state index contributed by atoms with van der Waals surface area (Å²) in [6, 6.07) is 7.48. The van der Waals surface area contributed by atoms with Gasteiger partial charge in [-0.2, -0.15) is 0 Å². The van der Waals surface area contributed by atoms with Crippen LogP contribution in [-0.4, -0.2) is 28.5 Å². The van der Waals surface area contributed by atoms with Crippen molar-refractivity contribution in [1.29, 1.82) is 0 Å². The Morgan fingerprint density at radius 2 is 1.88 bits per heavy atom. The molecule has 1 aliphatic carbocycles. The number of amides is 1. The molecular weight excluding hydrogens is 372 g/mol. The number of aromatic nitrogens is 1. The Kier molecular flexibility index (Phi) is 6.27. The number of nitrogens with one attached hydrogen (secondary N) is 1. The molecule has 1 amide bonds. The van der Waals surface area contributed by atoms with E-state index in [0.29, 0.717) is 30.3 Å². The van der Waals surface area contributed by atoms with Gasteiger partial charge in [-0.1, -0.05) is 23.7 Å². The van der Waals surface area contributed by atoms with Crippen LogP contribution in [0.4, 0.5) is 0 Å². The lowest BCUT2D eigenvalue weighted by molar-refractivity contribution is -0.143. The predicted octanol–water partition coefficient (Wildman–Crippen LogP) is 4.01. The standard InChI is InChI=1S/C19H21ClN2O3S/c20-15-7-5-13(6-8-15)18-22-16(11-26-18)9-17(23)21-10-12-1-3-14(4-2-12)19(24)25/h5-8,11-12,14H,1-4,9-10H2,(H,21,23)(H,24,25). The normalized spacial score (nSPS) is 19.9. The number of rotatable bonds is 6. The average Bonchev–Trinajstić information content (AvgIpc) is 3.09. The van der Waals surface area contributed by atoms with E-state index in [9.17, 15) is 9.59 Å². The topological polar surface area (TPSA) is 79.3 Å². The molecule has 0 bridgehead atoms. The minimum Gasteiger partial charge on any atom is -0.481 e. The third-order valence-electron chi connectivity index (χ3n) is 4.77. The lowest BCUT2D eigenvalue weighted by Gasteiger charge is -2.26. The van der Waals surface area contributed by atoms with Gasteiger partial charge in [0.05, 0.1) is 18.0 Å². The fourth-order valence-electron chi connectivity index (χ4n) is 3.21. The van der Waals surface area contributed by atoms with Gasteiger partial charge in [0.1, 0.15) is 5.01 Å². The summed E-state index contributed by atoms with van der Waals surface area (Å²) >= 11 is 7.41. The third-order valence-corrected chi connectivity index (χ3v) is 5.96. The molecule has 7 heteroatoms. The first-order chi connectivity index (χ1) is 12.5. The van der Waals surface area contributed by atoms with Crippen molar-refractivity contribution in [3.63, 3.8) is 0 Å². The molecule has 138 valence electrons. The van der Waals surface area contributed by atoms with Crippen molar-refractivity contribution in [2.45, 2.75) is 32.1 Å². The molecule has 1 aromatic heterocycles. The highest BCUT2D eigenvalue weighted by atomic mass is 35.5. The Morgan fingerprint density at radius 3 is 2.54 bits per heavy atom. The van der Waals surface area contributed by atoms with Crippen molar-refractivity contribution in [2.24, 2.45) is 11.8 Å². The van der Waals surface area contributed by atoms with Gasteiger partial charge in [0.15, 0.2) is 0 Å². The van der Waals surface area contributed by atoms with Gasteiger partial charge < -0.3 is 10.4 Å². The second kappa shape index (κ2) is 8.64. The first-order valence-electron chi connectivity index (χ1n) is 8.71. The van der Waals surface area contributed by atoms with E-state index in [2.05, 4.69) is 10.3 Å². The third kappa shape index (κ3) is 5.05. The molecule has 0 spiro atoms. The summed E-state index contributed by atoms with van der Waals surface area (Å²) in [5.74, 6) is -0.594. The molecule has 0 aliphatic heterocycles. The molecule has 0 atom stereocenters. The summed E-state index contributed by atoms with van der Waals surface area (Å²) in [6.45, 7) is 0.610. The molecule has 0 saturated heterocycles. The molecule has 1 saturated carbocycles. The van der Waals surface area contributed by atoms with Crippen molar-refractivity contribution in [2.75, 3.05) is 6.54 Å². The number of halogens is 1. The molecule has 0 unspecified atom stereocenters. The van der Waals surface area contributed by atoms with E-state index in [1.165, 1.54) is 11.3 Å². The fraction of sp³-hybridized carbons (Fsp3) is 0.421. The van der Waals surface area contributed by atoms with Gasteiger partial charge in [0.2, 0.25) is 5.91 Å². The Balaban J connectivity index is 1.45. The molecule has 3 rings (SSSR count). The van der Waals surface area contributed by atoms with Gasteiger partial charge in [-0.05, 0) is 43.7 Å². The van der Waals surface area contributed by atoms with E-state index in [1.54, 1.807) is 0 Å². The van der Waals surface area contributed by atoms with E-state index >= 15 is 0 Å². The van der Waals surface area contributed by atoms with Crippen molar-refractivity contribution < 1.29 is 14.7 Å². The fourth-order valence-corrected chi connectivity index (χ4v) is 4.16. The number of carbonyl (C=O) groups excluding carboxylic acids is 1. The van der Waals surface area contributed by atoms with Crippen LogP contribution in [0.2, 0.25) is 5.02 Å². The zero-order valence-electron chi connectivity index (χ0n) is 14.3. The maximum Gasteiger partial charge on any atom is 0.306 e. The summed E-state index contributed by atoms with van der Waals surface area (Å²) in [5.41, 5.74) is 1.74. The minimum atomic E-state index is -0.701. The summed E-state index contributed by atoms with van der Waals surface area (Å²) < 4.78 is 0. The van der Waals surface area contributed by atoms with Crippen LogP contribution >= 0.6 is 22.9 Å². The smallest absolute Gasteiger partial charge is 0.306 e. The Labute approximate surface area is 161 Å². The monoisotopic (exact) mass is 392 g/mol. The van der Waals surface area contributed by atoms with Crippen LogP contribution in [0.3, 0.4) is 0 Å². The van der Waals surface area contributed by atoms with Crippen LogP contribution in [0.5, 0.6) is 0 Å². The van der Waals surface area contributed by atoms with Crippen molar-refractivity contribution in [3.05, 3.63) is 40.4 Å². The van der Waals surface area contributed by atoms with E-state index in [-0.39, 0.29) is 18.2 Å². The Hall–Kier alpha value is -1.92. The number of benzene rings is 1. The van der Waals surface area contributed by atoms with Crippen LogP contribution in [0.1, 0.15) is 31.4 Å². The molecule has 0 radical (unpaired) electrons. The number of thiazole rings is 1. The molecular formula is C19H21ClN2O3S. The van der Waals surface area contributed by atoms with Crippen molar-refractivity contribution in [3.8, 4) is 10.6 Å². The minimum absolute atomic E-state index is 0.0432. The van der Waals surface area contributed by atoms with Gasteiger partial charge in [-0.3, -0.25) is 9.59 Å². The SMILES string of the molecule is O=C(Cc1csc(-c2ccc(Cl)cc2)n1)NCC1CCC(C(=O)O)CC1. The molecule has 2 aromatic rings. The number of carboxylic acid groups (broad SMARTS) is 1. The van der Waals surface area contributed by atoms with Crippen LogP contribution < -0.4 is 5.32 Å². The molecule has 1 aromatic carbocycles. The lowest BCUT2D eigenvalue weighted by atomic mass is 9.82. The van der Waals surface area contributed by atoms with Crippen molar-refractivity contribution >= 4 is 34.8 Å². The number of nitrogens with zero attached hydrogens (tertiary/aromatic N) is 1. The lowest BCUT2D eigenvalue weighted by Crippen LogP contribution is -2.33. The van der Waals surface area contributed by atoms with E-state index in [4.69, 9.17) is 16.7 Å². The van der Waals surface area contributed by atoms with Gasteiger partial charge >= 0.3 is 5.97 Å². The average molecular weight is 393 g/mol. The molecule has 1 heterocycles. The zero-order chi connectivity index (χ0) is 18.5. The number of carboxylic acids is 1. The maximum absolute atomic E-state index is 12.2.